The number of hydrogen-bond acceptors (Lipinski definition) is 4. The van der Waals surface area contributed by atoms with Gasteiger partial charge in [-0.25, -0.2) is 9.07 Å². The molecule has 0 fully saturated rings. The SMILES string of the molecule is C#CCCC1(CCNC(=O)c2cnn(-c3ccc(F)cc3)c2C(F)(F)F)N=N1. The van der Waals surface area contributed by atoms with Crippen molar-refractivity contribution in [1.82, 2.24) is 15.1 Å². The first-order valence-electron chi connectivity index (χ1n) is 8.33. The van der Waals surface area contributed by atoms with Crippen LogP contribution < -0.4 is 5.32 Å². The summed E-state index contributed by atoms with van der Waals surface area (Å²) in [4.78, 5) is 12.3. The van der Waals surface area contributed by atoms with Crippen LogP contribution in [0.2, 0.25) is 0 Å². The summed E-state index contributed by atoms with van der Waals surface area (Å²) in [6.45, 7) is 0.0788. The molecule has 1 aromatic heterocycles. The van der Waals surface area contributed by atoms with Crippen molar-refractivity contribution in [3.63, 3.8) is 0 Å². The molecule has 0 saturated carbocycles. The van der Waals surface area contributed by atoms with Crippen LogP contribution in [0.5, 0.6) is 0 Å². The number of halogens is 4. The molecule has 0 unspecified atom stereocenters. The fraction of sp³-hybridized carbons (Fsp3) is 0.333. The summed E-state index contributed by atoms with van der Waals surface area (Å²) >= 11 is 0. The molecule has 1 amide bonds. The smallest absolute Gasteiger partial charge is 0.352 e. The Morgan fingerprint density at radius 1 is 1.21 bits per heavy atom. The molecule has 0 radical (unpaired) electrons. The van der Waals surface area contributed by atoms with Gasteiger partial charge in [0, 0.05) is 25.8 Å². The molecule has 1 aliphatic heterocycles. The lowest BCUT2D eigenvalue weighted by atomic mass is 10.0. The maximum absolute atomic E-state index is 13.6. The van der Waals surface area contributed by atoms with Crippen LogP contribution in [0.1, 0.15) is 35.3 Å². The molecular weight excluding hydrogens is 378 g/mol. The van der Waals surface area contributed by atoms with Gasteiger partial charge in [-0.2, -0.15) is 28.5 Å². The molecule has 0 bridgehead atoms. The Labute approximate surface area is 157 Å². The lowest BCUT2D eigenvalue weighted by Gasteiger charge is -2.13. The van der Waals surface area contributed by atoms with E-state index in [4.69, 9.17) is 6.42 Å². The van der Waals surface area contributed by atoms with E-state index in [0.717, 1.165) is 30.5 Å². The van der Waals surface area contributed by atoms with Gasteiger partial charge < -0.3 is 5.32 Å². The van der Waals surface area contributed by atoms with Crippen LogP contribution in [-0.2, 0) is 6.18 Å². The number of carbonyl (C=O) groups is 1. The summed E-state index contributed by atoms with van der Waals surface area (Å²) in [5.74, 6) is 0.945. The second-order valence-corrected chi connectivity index (χ2v) is 6.19. The molecule has 0 aliphatic carbocycles. The van der Waals surface area contributed by atoms with Crippen molar-refractivity contribution in [2.24, 2.45) is 10.2 Å². The van der Waals surface area contributed by atoms with Crippen LogP contribution in [-0.4, -0.2) is 27.9 Å². The third-order valence-electron chi connectivity index (χ3n) is 4.22. The molecule has 1 aromatic carbocycles. The molecule has 1 N–H and O–H groups in total. The number of nitrogens with zero attached hydrogens (tertiary/aromatic N) is 4. The number of nitrogens with one attached hydrogen (secondary N) is 1. The zero-order chi connectivity index (χ0) is 20.4. The van der Waals surface area contributed by atoms with Gasteiger partial charge in [-0.05, 0) is 24.3 Å². The standard InChI is InChI=1S/C18H15F4N5O/c1-2-3-8-17(25-26-17)9-10-23-16(28)14-11-24-27(15(14)18(20,21)22)13-6-4-12(19)5-7-13/h1,4-7,11H,3,8-10H2,(H,23,28). The predicted molar refractivity (Wildman–Crippen MR) is 91.1 cm³/mol. The Morgan fingerprint density at radius 2 is 1.89 bits per heavy atom. The summed E-state index contributed by atoms with van der Waals surface area (Å²) in [5.41, 5.74) is -2.53. The number of benzene rings is 1. The van der Waals surface area contributed by atoms with E-state index in [9.17, 15) is 22.4 Å². The average molecular weight is 393 g/mol. The number of alkyl halides is 3. The molecule has 6 nitrogen and oxygen atoms in total. The number of amides is 1. The maximum Gasteiger partial charge on any atom is 0.434 e. The van der Waals surface area contributed by atoms with Crippen molar-refractivity contribution < 1.29 is 22.4 Å². The summed E-state index contributed by atoms with van der Waals surface area (Å²) < 4.78 is 54.3. The normalized spacial score (nSPS) is 14.5. The van der Waals surface area contributed by atoms with E-state index in [2.05, 4.69) is 26.6 Å². The van der Waals surface area contributed by atoms with E-state index >= 15 is 0 Å². The Kier molecular flexibility index (Phi) is 5.18. The molecule has 2 heterocycles. The minimum atomic E-state index is -4.84. The second kappa shape index (κ2) is 7.42. The Bertz CT molecular complexity index is 934. The molecule has 28 heavy (non-hydrogen) atoms. The van der Waals surface area contributed by atoms with Crippen LogP contribution in [0.4, 0.5) is 17.6 Å². The number of terminal acetylenes is 1. The van der Waals surface area contributed by atoms with Crippen molar-refractivity contribution in [3.05, 3.63) is 47.5 Å². The largest absolute Gasteiger partial charge is 0.434 e. The first-order chi connectivity index (χ1) is 13.3. The number of carbonyl (C=O) groups excluding carboxylic acids is 1. The van der Waals surface area contributed by atoms with Crippen molar-refractivity contribution >= 4 is 5.91 Å². The van der Waals surface area contributed by atoms with Gasteiger partial charge in [0.25, 0.3) is 5.91 Å². The highest BCUT2D eigenvalue weighted by molar-refractivity contribution is 5.95. The Balaban J connectivity index is 1.75. The lowest BCUT2D eigenvalue weighted by molar-refractivity contribution is -0.143. The Hall–Kier alpha value is -3.22. The van der Waals surface area contributed by atoms with Gasteiger partial charge in [0.1, 0.15) is 5.82 Å². The molecule has 3 rings (SSSR count). The van der Waals surface area contributed by atoms with Crippen LogP contribution in [0, 0.1) is 18.2 Å². The van der Waals surface area contributed by atoms with Crippen molar-refractivity contribution in [3.8, 4) is 18.0 Å². The van der Waals surface area contributed by atoms with Crippen LogP contribution in [0.25, 0.3) is 5.69 Å². The maximum atomic E-state index is 13.6. The van der Waals surface area contributed by atoms with E-state index in [1.54, 1.807) is 0 Å². The van der Waals surface area contributed by atoms with Gasteiger partial charge in [-0.1, -0.05) is 0 Å². The molecular formula is C18H15F4N5O. The molecule has 0 atom stereocenters. The first-order valence-corrected chi connectivity index (χ1v) is 8.33. The molecule has 10 heteroatoms. The topological polar surface area (TPSA) is 71.6 Å². The highest BCUT2D eigenvalue weighted by atomic mass is 19.4. The first kappa shape index (κ1) is 19.5. The second-order valence-electron chi connectivity index (χ2n) is 6.19. The summed E-state index contributed by atoms with van der Waals surface area (Å²) in [7, 11) is 0. The summed E-state index contributed by atoms with van der Waals surface area (Å²) in [6, 6.07) is 4.31. The molecule has 1 aliphatic rings. The monoisotopic (exact) mass is 393 g/mol. The van der Waals surface area contributed by atoms with E-state index in [1.807, 2.05) is 0 Å². The van der Waals surface area contributed by atoms with Crippen molar-refractivity contribution in [2.45, 2.75) is 31.1 Å². The number of hydrogen-bond donors (Lipinski definition) is 1. The van der Waals surface area contributed by atoms with Gasteiger partial charge in [0.15, 0.2) is 11.4 Å². The number of rotatable bonds is 7. The predicted octanol–water partition coefficient (Wildman–Crippen LogP) is 3.73. The molecule has 0 saturated heterocycles. The highest BCUT2D eigenvalue weighted by Crippen LogP contribution is 2.36. The Morgan fingerprint density at radius 3 is 2.46 bits per heavy atom. The zero-order valence-electron chi connectivity index (χ0n) is 14.5. The third kappa shape index (κ3) is 4.19. The van der Waals surface area contributed by atoms with Crippen LogP contribution in [0.3, 0.4) is 0 Å². The fourth-order valence-electron chi connectivity index (χ4n) is 2.70. The van der Waals surface area contributed by atoms with Gasteiger partial charge >= 0.3 is 6.18 Å². The number of aromatic nitrogens is 2. The van der Waals surface area contributed by atoms with Gasteiger partial charge in [-0.3, -0.25) is 4.79 Å². The van der Waals surface area contributed by atoms with E-state index in [1.165, 1.54) is 0 Å². The van der Waals surface area contributed by atoms with Crippen LogP contribution >= 0.6 is 0 Å². The van der Waals surface area contributed by atoms with Crippen molar-refractivity contribution in [1.29, 1.82) is 0 Å². The van der Waals surface area contributed by atoms with Crippen molar-refractivity contribution in [2.75, 3.05) is 6.54 Å². The minimum Gasteiger partial charge on any atom is -0.352 e. The van der Waals surface area contributed by atoms with Gasteiger partial charge in [0.2, 0.25) is 0 Å². The average Bonchev–Trinajstić information content (AvgIpc) is 3.25. The van der Waals surface area contributed by atoms with E-state index < -0.39 is 34.8 Å². The van der Waals surface area contributed by atoms with Crippen LogP contribution in [0.15, 0.2) is 40.7 Å². The van der Waals surface area contributed by atoms with E-state index in [-0.39, 0.29) is 12.2 Å². The molecule has 2 aromatic rings. The van der Waals surface area contributed by atoms with E-state index in [0.29, 0.717) is 23.9 Å². The highest BCUT2D eigenvalue weighted by Gasteiger charge is 2.41. The molecule has 0 spiro atoms. The van der Waals surface area contributed by atoms with Gasteiger partial charge in [-0.15, -0.1) is 12.3 Å². The van der Waals surface area contributed by atoms with Gasteiger partial charge in [0.05, 0.1) is 17.4 Å². The quantitative estimate of drug-likeness (QED) is 0.575. The third-order valence-corrected chi connectivity index (χ3v) is 4.22. The summed E-state index contributed by atoms with van der Waals surface area (Å²) in [6.07, 6.45) is 2.51. The minimum absolute atomic E-state index is 0.0170. The lowest BCUT2D eigenvalue weighted by Crippen LogP contribution is -2.30. The molecule has 146 valence electrons. The fourth-order valence-corrected chi connectivity index (χ4v) is 2.70. The summed E-state index contributed by atoms with van der Waals surface area (Å²) in [5, 5.41) is 13.9. The zero-order valence-corrected chi connectivity index (χ0v) is 14.5.